The molecule has 1 saturated heterocycles. The monoisotopic (exact) mass is 360 g/mol. The zero-order chi connectivity index (χ0) is 18.9. The van der Waals surface area contributed by atoms with Crippen molar-refractivity contribution >= 4 is 16.9 Å². The lowest BCUT2D eigenvalue weighted by atomic mass is 9.94. The first-order chi connectivity index (χ1) is 12.3. The molecule has 26 heavy (non-hydrogen) atoms. The molecular weight excluding hydrogens is 332 g/mol. The van der Waals surface area contributed by atoms with Gasteiger partial charge in [0.1, 0.15) is 11.3 Å². The Morgan fingerprint density at radius 2 is 2.12 bits per heavy atom. The van der Waals surface area contributed by atoms with Gasteiger partial charge < -0.3 is 24.1 Å². The highest BCUT2D eigenvalue weighted by Crippen LogP contribution is 2.30. The van der Waals surface area contributed by atoms with E-state index in [1.165, 1.54) is 0 Å². The lowest BCUT2D eigenvalue weighted by Gasteiger charge is -2.29. The van der Waals surface area contributed by atoms with Crippen LogP contribution in [0, 0.1) is 6.92 Å². The summed E-state index contributed by atoms with van der Waals surface area (Å²) in [4.78, 5) is 16.8. The third-order valence-electron chi connectivity index (χ3n) is 5.15. The molecule has 0 spiro atoms. The number of aryl methyl sites for hydroxylation is 1. The van der Waals surface area contributed by atoms with Crippen molar-refractivity contribution in [2.75, 3.05) is 40.8 Å². The number of carbonyl (C=O) groups is 1. The average Bonchev–Trinajstić information content (AvgIpc) is 2.79. The molecule has 142 valence electrons. The zero-order valence-corrected chi connectivity index (χ0v) is 16.0. The van der Waals surface area contributed by atoms with E-state index in [1.807, 2.05) is 38.1 Å². The second-order valence-electron chi connectivity index (χ2n) is 7.53. The van der Waals surface area contributed by atoms with Crippen LogP contribution in [0.3, 0.4) is 0 Å². The van der Waals surface area contributed by atoms with E-state index >= 15 is 0 Å². The van der Waals surface area contributed by atoms with Gasteiger partial charge in [-0.2, -0.15) is 0 Å². The minimum absolute atomic E-state index is 0.105. The van der Waals surface area contributed by atoms with Crippen molar-refractivity contribution in [2.45, 2.75) is 31.8 Å². The van der Waals surface area contributed by atoms with Gasteiger partial charge in [0.15, 0.2) is 5.76 Å². The van der Waals surface area contributed by atoms with Gasteiger partial charge in [-0.05, 0) is 52.4 Å². The first-order valence-electron chi connectivity index (χ1n) is 9.06. The number of hydrogen-bond donors (Lipinski definition) is 1. The quantitative estimate of drug-likeness (QED) is 0.908. The van der Waals surface area contributed by atoms with Crippen molar-refractivity contribution < 1.29 is 19.1 Å². The van der Waals surface area contributed by atoms with Gasteiger partial charge in [0.2, 0.25) is 0 Å². The molecule has 0 radical (unpaired) electrons. The fraction of sp³-hybridized carbons (Fsp3) is 0.550. The van der Waals surface area contributed by atoms with E-state index < -0.39 is 5.60 Å². The van der Waals surface area contributed by atoms with E-state index in [9.17, 15) is 9.90 Å². The van der Waals surface area contributed by atoms with Crippen LogP contribution >= 0.6 is 0 Å². The summed E-state index contributed by atoms with van der Waals surface area (Å²) in [6, 6.07) is 5.59. The fourth-order valence-electron chi connectivity index (χ4n) is 3.81. The van der Waals surface area contributed by atoms with Crippen molar-refractivity contribution in [3.8, 4) is 5.75 Å². The van der Waals surface area contributed by atoms with Crippen LogP contribution in [0.15, 0.2) is 22.6 Å². The van der Waals surface area contributed by atoms with E-state index in [1.54, 1.807) is 18.1 Å². The van der Waals surface area contributed by atoms with E-state index in [0.717, 1.165) is 17.4 Å². The van der Waals surface area contributed by atoms with Crippen LogP contribution in [0.2, 0.25) is 0 Å². The van der Waals surface area contributed by atoms with Gasteiger partial charge in [-0.1, -0.05) is 0 Å². The molecule has 1 aliphatic heterocycles. The second kappa shape index (κ2) is 7.29. The normalized spacial score (nSPS) is 21.2. The van der Waals surface area contributed by atoms with Crippen LogP contribution in [0.25, 0.3) is 11.0 Å². The molecule has 1 fully saturated rings. The van der Waals surface area contributed by atoms with Crippen LogP contribution in [0.5, 0.6) is 5.75 Å². The third kappa shape index (κ3) is 3.71. The number of fused-ring (bicyclic) bond motifs is 1. The lowest BCUT2D eigenvalue weighted by Crippen LogP contribution is -2.41. The summed E-state index contributed by atoms with van der Waals surface area (Å²) in [6.07, 6.45) is 2.05. The summed E-state index contributed by atoms with van der Waals surface area (Å²) in [5, 5.41) is 11.7. The largest absolute Gasteiger partial charge is 0.497 e. The Kier molecular flexibility index (Phi) is 5.25. The van der Waals surface area contributed by atoms with Gasteiger partial charge in [0.05, 0.1) is 12.7 Å². The molecule has 0 aliphatic carbocycles. The Morgan fingerprint density at radius 3 is 2.81 bits per heavy atom. The number of likely N-dealkylation sites (tertiary alicyclic amines) is 1. The molecule has 0 bridgehead atoms. The smallest absolute Gasteiger partial charge is 0.289 e. The van der Waals surface area contributed by atoms with Gasteiger partial charge >= 0.3 is 0 Å². The molecule has 0 saturated carbocycles. The minimum Gasteiger partial charge on any atom is -0.497 e. The second-order valence-corrected chi connectivity index (χ2v) is 7.53. The molecule has 2 aromatic rings. The highest BCUT2D eigenvalue weighted by atomic mass is 16.5. The van der Waals surface area contributed by atoms with Crippen molar-refractivity contribution in [1.82, 2.24) is 9.80 Å². The first-order valence-corrected chi connectivity index (χ1v) is 9.06. The average molecular weight is 360 g/mol. The minimum atomic E-state index is -0.741. The number of likely N-dealkylation sites (N-methyl/N-ethyl adjacent to an activating group) is 1. The fourth-order valence-corrected chi connectivity index (χ4v) is 3.81. The van der Waals surface area contributed by atoms with Gasteiger partial charge in [-0.25, -0.2) is 0 Å². The number of furan rings is 1. The van der Waals surface area contributed by atoms with E-state index in [4.69, 9.17) is 9.15 Å². The summed E-state index contributed by atoms with van der Waals surface area (Å²) in [6.45, 7) is 3.68. The molecule has 1 aromatic carbocycles. The van der Waals surface area contributed by atoms with Crippen molar-refractivity contribution in [1.29, 1.82) is 0 Å². The molecular formula is C20H28N2O4. The molecule has 1 N–H and O–H groups in total. The van der Waals surface area contributed by atoms with Crippen LogP contribution in [-0.4, -0.2) is 67.3 Å². The number of amides is 1. The molecule has 6 nitrogen and oxygen atoms in total. The third-order valence-corrected chi connectivity index (χ3v) is 5.15. The zero-order valence-electron chi connectivity index (χ0n) is 16.0. The maximum Gasteiger partial charge on any atom is 0.289 e. The van der Waals surface area contributed by atoms with E-state index in [-0.39, 0.29) is 5.91 Å². The van der Waals surface area contributed by atoms with Crippen molar-refractivity contribution in [3.63, 3.8) is 0 Å². The van der Waals surface area contributed by atoms with Gasteiger partial charge in [-0.15, -0.1) is 0 Å². The van der Waals surface area contributed by atoms with Crippen LogP contribution < -0.4 is 4.74 Å². The molecule has 1 atom stereocenters. The number of nitrogens with zero attached hydrogens (tertiary/aromatic N) is 2. The number of ether oxygens (including phenoxy) is 1. The molecule has 3 rings (SSSR count). The molecule has 2 heterocycles. The number of carbonyl (C=O) groups excluding carboxylic acids is 1. The first kappa shape index (κ1) is 18.7. The van der Waals surface area contributed by atoms with E-state index in [0.29, 0.717) is 49.6 Å². The van der Waals surface area contributed by atoms with Crippen LogP contribution in [0.4, 0.5) is 0 Å². The van der Waals surface area contributed by atoms with Gasteiger partial charge in [0.25, 0.3) is 5.91 Å². The predicted molar refractivity (Wildman–Crippen MR) is 101 cm³/mol. The Balaban J connectivity index is 1.81. The van der Waals surface area contributed by atoms with Gasteiger partial charge in [-0.3, -0.25) is 4.79 Å². The highest BCUT2D eigenvalue weighted by Gasteiger charge is 2.33. The van der Waals surface area contributed by atoms with Crippen LogP contribution in [-0.2, 0) is 0 Å². The number of methoxy groups -OCH3 is 1. The summed E-state index contributed by atoms with van der Waals surface area (Å²) < 4.78 is 11.1. The maximum atomic E-state index is 13.0. The Morgan fingerprint density at radius 1 is 1.35 bits per heavy atom. The number of benzene rings is 1. The van der Waals surface area contributed by atoms with Crippen molar-refractivity contribution in [3.05, 3.63) is 29.5 Å². The standard InChI is InChI=1S/C20H28N2O4/c1-14-16-7-6-15(25-4)12-17(16)26-18(14)19(23)22-10-5-8-20(24,9-11-22)13-21(2)3/h6-7,12,24H,5,8-11,13H2,1-4H3/t20-/m1/s1. The predicted octanol–water partition coefficient (Wildman–Crippen LogP) is 2.67. The molecule has 1 amide bonds. The molecule has 0 unspecified atom stereocenters. The Hall–Kier alpha value is -2.05. The summed E-state index contributed by atoms with van der Waals surface area (Å²) in [5.74, 6) is 0.979. The summed E-state index contributed by atoms with van der Waals surface area (Å²) in [7, 11) is 5.52. The SMILES string of the molecule is COc1ccc2c(C)c(C(=O)N3CCC[C@](O)(CN(C)C)CC3)oc2c1. The molecule has 1 aliphatic rings. The summed E-state index contributed by atoms with van der Waals surface area (Å²) in [5.41, 5.74) is 0.763. The van der Waals surface area contributed by atoms with Crippen molar-refractivity contribution in [2.24, 2.45) is 0 Å². The Labute approximate surface area is 154 Å². The number of rotatable bonds is 4. The lowest BCUT2D eigenvalue weighted by molar-refractivity contribution is 0.00297. The summed E-state index contributed by atoms with van der Waals surface area (Å²) >= 11 is 0. The Bertz CT molecular complexity index is 798. The highest BCUT2D eigenvalue weighted by molar-refractivity contribution is 5.99. The number of hydrogen-bond acceptors (Lipinski definition) is 5. The molecule has 6 heteroatoms. The number of aliphatic hydroxyl groups is 1. The van der Waals surface area contributed by atoms with Gasteiger partial charge in [0, 0.05) is 36.7 Å². The van der Waals surface area contributed by atoms with E-state index in [2.05, 4.69) is 0 Å². The topological polar surface area (TPSA) is 66.2 Å². The molecule has 1 aromatic heterocycles. The van der Waals surface area contributed by atoms with Crippen LogP contribution in [0.1, 0.15) is 35.4 Å². The maximum absolute atomic E-state index is 13.0.